The Morgan fingerprint density at radius 3 is 2.60 bits per heavy atom. The Balaban J connectivity index is 3.11. The zero-order valence-electron chi connectivity index (χ0n) is 8.01. The lowest BCUT2D eigenvalue weighted by atomic mass is 10.3. The molecule has 0 atom stereocenters. The molecule has 0 saturated carbocycles. The number of allylic oxidation sites excluding steroid dienone is 1. The van der Waals surface area contributed by atoms with Crippen molar-refractivity contribution < 1.29 is 18.0 Å². The van der Waals surface area contributed by atoms with E-state index in [0.29, 0.717) is 5.57 Å². The molecule has 0 aliphatic carbocycles. The Morgan fingerprint density at radius 1 is 1.67 bits per heavy atom. The molecule has 15 heavy (non-hydrogen) atoms. The van der Waals surface area contributed by atoms with Crippen molar-refractivity contribution in [3.05, 3.63) is 29.6 Å². The molecule has 0 aliphatic rings. The first kappa shape index (κ1) is 11.5. The van der Waals surface area contributed by atoms with E-state index < -0.39 is 17.4 Å². The second-order valence-corrected chi connectivity index (χ2v) is 3.20. The fraction of sp³-hybridized carbons (Fsp3) is 0.333. The van der Waals surface area contributed by atoms with E-state index in [1.54, 1.807) is 6.92 Å². The number of carbonyl (C=O) groups excluding carboxylic acids is 1. The van der Waals surface area contributed by atoms with Gasteiger partial charge in [0.05, 0.1) is 12.1 Å². The minimum atomic E-state index is -4.60. The van der Waals surface area contributed by atoms with Gasteiger partial charge in [-0.1, -0.05) is 12.2 Å². The Bertz CT molecular complexity index is 393. The molecule has 0 N–H and O–H groups in total. The average molecular weight is 218 g/mol. The van der Waals surface area contributed by atoms with Crippen LogP contribution in [0.2, 0.25) is 0 Å². The van der Waals surface area contributed by atoms with Gasteiger partial charge in [0, 0.05) is 6.20 Å². The minimum absolute atomic E-state index is 0.144. The summed E-state index contributed by atoms with van der Waals surface area (Å²) in [7, 11) is 0. The SMILES string of the molecule is C=C(C)Cn1cc(C=O)c(C(F)(F)F)n1. The van der Waals surface area contributed by atoms with Gasteiger partial charge in [0.1, 0.15) is 0 Å². The average Bonchev–Trinajstić information content (AvgIpc) is 2.45. The number of aromatic nitrogens is 2. The van der Waals surface area contributed by atoms with Crippen molar-refractivity contribution >= 4 is 6.29 Å². The highest BCUT2D eigenvalue weighted by molar-refractivity contribution is 5.76. The molecule has 0 fully saturated rings. The van der Waals surface area contributed by atoms with E-state index in [1.165, 1.54) is 0 Å². The summed E-state index contributed by atoms with van der Waals surface area (Å²) in [6.45, 7) is 5.37. The smallest absolute Gasteiger partial charge is 0.298 e. The van der Waals surface area contributed by atoms with E-state index in [1.807, 2.05) is 0 Å². The third-order valence-electron chi connectivity index (χ3n) is 1.62. The number of hydrogen-bond donors (Lipinski definition) is 0. The van der Waals surface area contributed by atoms with Crippen LogP contribution in [0.1, 0.15) is 23.0 Å². The molecule has 0 amide bonds. The summed E-state index contributed by atoms with van der Waals surface area (Å²) in [5.41, 5.74) is -0.953. The summed E-state index contributed by atoms with van der Waals surface area (Å²) in [5, 5.41) is 3.29. The lowest BCUT2D eigenvalue weighted by Crippen LogP contribution is -2.10. The molecular weight excluding hydrogens is 209 g/mol. The van der Waals surface area contributed by atoms with Gasteiger partial charge in [-0.3, -0.25) is 9.48 Å². The maximum atomic E-state index is 12.3. The second kappa shape index (κ2) is 3.88. The van der Waals surface area contributed by atoms with Gasteiger partial charge < -0.3 is 0 Å². The van der Waals surface area contributed by atoms with Gasteiger partial charge in [0.25, 0.3) is 0 Å². The summed E-state index contributed by atoms with van der Waals surface area (Å²) < 4.78 is 38.0. The Kier molecular flexibility index (Phi) is 2.97. The van der Waals surface area contributed by atoms with Gasteiger partial charge in [0.2, 0.25) is 0 Å². The molecule has 3 nitrogen and oxygen atoms in total. The van der Waals surface area contributed by atoms with E-state index in [0.717, 1.165) is 10.9 Å². The zero-order valence-corrected chi connectivity index (χ0v) is 8.01. The molecule has 1 aromatic heterocycles. The highest BCUT2D eigenvalue weighted by Gasteiger charge is 2.37. The number of carbonyl (C=O) groups is 1. The summed E-state index contributed by atoms with van der Waals surface area (Å²) in [5.74, 6) is 0. The molecule has 1 heterocycles. The first-order valence-electron chi connectivity index (χ1n) is 4.09. The van der Waals surface area contributed by atoms with E-state index in [4.69, 9.17) is 0 Å². The molecule has 82 valence electrons. The van der Waals surface area contributed by atoms with Crippen molar-refractivity contribution in [3.63, 3.8) is 0 Å². The van der Waals surface area contributed by atoms with Crippen molar-refractivity contribution in [1.29, 1.82) is 0 Å². The predicted molar refractivity (Wildman–Crippen MR) is 47.4 cm³/mol. The summed E-state index contributed by atoms with van der Waals surface area (Å²) in [6.07, 6.45) is -3.40. The number of halogens is 3. The van der Waals surface area contributed by atoms with Crippen molar-refractivity contribution in [2.75, 3.05) is 0 Å². The number of rotatable bonds is 3. The van der Waals surface area contributed by atoms with Crippen molar-refractivity contribution in [1.82, 2.24) is 9.78 Å². The molecule has 0 aliphatic heterocycles. The Hall–Kier alpha value is -1.59. The largest absolute Gasteiger partial charge is 0.435 e. The minimum Gasteiger partial charge on any atom is -0.298 e. The topological polar surface area (TPSA) is 34.9 Å². The first-order chi connectivity index (χ1) is 6.84. The van der Waals surface area contributed by atoms with Crippen LogP contribution in [0, 0.1) is 0 Å². The van der Waals surface area contributed by atoms with Gasteiger partial charge in [-0.15, -0.1) is 0 Å². The van der Waals surface area contributed by atoms with Crippen LogP contribution in [-0.4, -0.2) is 16.1 Å². The number of alkyl halides is 3. The number of aldehydes is 1. The van der Waals surface area contributed by atoms with Crippen molar-refractivity contribution in [3.8, 4) is 0 Å². The van der Waals surface area contributed by atoms with Gasteiger partial charge in [0.15, 0.2) is 12.0 Å². The summed E-state index contributed by atoms with van der Waals surface area (Å²) >= 11 is 0. The van der Waals surface area contributed by atoms with Crippen LogP contribution >= 0.6 is 0 Å². The first-order valence-corrected chi connectivity index (χ1v) is 4.09. The molecule has 0 radical (unpaired) electrons. The summed E-state index contributed by atoms with van der Waals surface area (Å²) in [4.78, 5) is 10.4. The van der Waals surface area contributed by atoms with Gasteiger partial charge in [-0.25, -0.2) is 0 Å². The van der Waals surface area contributed by atoms with E-state index in [-0.39, 0.29) is 12.8 Å². The second-order valence-electron chi connectivity index (χ2n) is 3.20. The molecular formula is C9H9F3N2O. The van der Waals surface area contributed by atoms with Crippen molar-refractivity contribution in [2.45, 2.75) is 19.6 Å². The van der Waals surface area contributed by atoms with Crippen LogP contribution in [0.5, 0.6) is 0 Å². The molecule has 1 aromatic rings. The third kappa shape index (κ3) is 2.68. The lowest BCUT2D eigenvalue weighted by Gasteiger charge is -2.02. The van der Waals surface area contributed by atoms with Crippen molar-refractivity contribution in [2.24, 2.45) is 0 Å². The predicted octanol–water partition coefficient (Wildman–Crippen LogP) is 2.29. The highest BCUT2D eigenvalue weighted by Crippen LogP contribution is 2.29. The number of nitrogens with zero attached hydrogens (tertiary/aromatic N) is 2. The van der Waals surface area contributed by atoms with Gasteiger partial charge in [-0.2, -0.15) is 18.3 Å². The Morgan fingerprint density at radius 2 is 2.27 bits per heavy atom. The highest BCUT2D eigenvalue weighted by atomic mass is 19.4. The van der Waals surface area contributed by atoms with Crippen LogP contribution in [0.25, 0.3) is 0 Å². The summed E-state index contributed by atoms with van der Waals surface area (Å²) in [6, 6.07) is 0. The third-order valence-corrected chi connectivity index (χ3v) is 1.62. The Labute approximate surface area is 84.2 Å². The van der Waals surface area contributed by atoms with Crippen LogP contribution in [0.3, 0.4) is 0 Å². The molecule has 0 saturated heterocycles. The molecule has 0 bridgehead atoms. The maximum Gasteiger partial charge on any atom is 0.435 e. The monoisotopic (exact) mass is 218 g/mol. The fourth-order valence-electron chi connectivity index (χ4n) is 1.10. The fourth-order valence-corrected chi connectivity index (χ4v) is 1.10. The maximum absolute atomic E-state index is 12.3. The van der Waals surface area contributed by atoms with Crippen LogP contribution in [0.15, 0.2) is 18.3 Å². The van der Waals surface area contributed by atoms with Crippen LogP contribution in [0.4, 0.5) is 13.2 Å². The van der Waals surface area contributed by atoms with E-state index in [9.17, 15) is 18.0 Å². The number of hydrogen-bond acceptors (Lipinski definition) is 2. The molecule has 1 rings (SSSR count). The zero-order chi connectivity index (χ0) is 11.6. The normalized spacial score (nSPS) is 11.5. The molecule has 6 heteroatoms. The lowest BCUT2D eigenvalue weighted by molar-refractivity contribution is -0.141. The quantitative estimate of drug-likeness (QED) is 0.576. The van der Waals surface area contributed by atoms with Gasteiger partial charge in [-0.05, 0) is 6.92 Å². The van der Waals surface area contributed by atoms with Crippen LogP contribution < -0.4 is 0 Å². The molecule has 0 aromatic carbocycles. The molecule has 0 spiro atoms. The van der Waals surface area contributed by atoms with E-state index >= 15 is 0 Å². The molecule has 0 unspecified atom stereocenters. The van der Waals surface area contributed by atoms with Crippen LogP contribution in [-0.2, 0) is 12.7 Å². The van der Waals surface area contributed by atoms with E-state index in [2.05, 4.69) is 11.7 Å². The standard InChI is InChI=1S/C9H9F3N2O/c1-6(2)3-14-4-7(5-15)8(13-14)9(10,11)12/h4-5H,1,3H2,2H3. The van der Waals surface area contributed by atoms with Gasteiger partial charge >= 0.3 is 6.18 Å².